The molecule has 0 spiro atoms. The Kier molecular flexibility index (Phi) is 5.00. The van der Waals surface area contributed by atoms with Crippen LogP contribution in [0.1, 0.15) is 6.42 Å². The minimum Gasteiger partial charge on any atom is -0.375 e. The molecule has 0 fully saturated rings. The zero-order valence-corrected chi connectivity index (χ0v) is 10.00. The molecule has 0 aliphatic rings. The van der Waals surface area contributed by atoms with E-state index in [2.05, 4.69) is 0 Å². The summed E-state index contributed by atoms with van der Waals surface area (Å²) < 4.78 is 35.6. The van der Waals surface area contributed by atoms with Crippen molar-refractivity contribution in [2.75, 3.05) is 25.0 Å². The Labute approximate surface area is 104 Å². The van der Waals surface area contributed by atoms with Gasteiger partial charge in [0.2, 0.25) is 0 Å². The summed E-state index contributed by atoms with van der Waals surface area (Å²) in [5.41, 5.74) is 0.986. The number of nitrogens with zero attached hydrogens (tertiary/aromatic N) is 1. The Balaban J connectivity index is 2.25. The summed E-state index contributed by atoms with van der Waals surface area (Å²) in [4.78, 5) is 12.4. The van der Waals surface area contributed by atoms with Gasteiger partial charge in [-0.15, -0.1) is 0 Å². The molecule has 0 aliphatic heterocycles. The first kappa shape index (κ1) is 14.3. The molecule has 0 atom stereocenters. The second-order valence-electron chi connectivity index (χ2n) is 3.86. The van der Waals surface area contributed by atoms with Crippen LogP contribution in [0.5, 0.6) is 0 Å². The molecule has 0 aromatic heterocycles. The first-order valence-corrected chi connectivity index (χ1v) is 5.52. The quantitative estimate of drug-likeness (QED) is 0.823. The number of hydrogen-bond acceptors (Lipinski definition) is 2. The van der Waals surface area contributed by atoms with E-state index in [-0.39, 0.29) is 6.54 Å². The molecule has 0 unspecified atom stereocenters. The molecule has 0 bridgehead atoms. The summed E-state index contributed by atoms with van der Waals surface area (Å²) in [7, 11) is 1.85. The van der Waals surface area contributed by atoms with Gasteiger partial charge >= 0.3 is 12.1 Å². The molecule has 1 aromatic rings. The Hall–Kier alpha value is -1.72. The molecule has 18 heavy (non-hydrogen) atoms. The first-order chi connectivity index (χ1) is 8.41. The molecule has 100 valence electrons. The molecule has 1 rings (SSSR count). The maximum absolute atomic E-state index is 11.9. The zero-order chi connectivity index (χ0) is 13.6. The smallest absolute Gasteiger partial charge is 0.375 e. The maximum atomic E-state index is 11.9. The second kappa shape index (κ2) is 6.28. The molecular weight excluding hydrogens is 245 g/mol. The van der Waals surface area contributed by atoms with Crippen LogP contribution >= 0.6 is 0 Å². The fourth-order valence-corrected chi connectivity index (χ4v) is 1.43. The second-order valence-corrected chi connectivity index (χ2v) is 3.86. The lowest BCUT2D eigenvalue weighted by Gasteiger charge is -2.19. The van der Waals surface area contributed by atoms with E-state index in [0.29, 0.717) is 13.0 Å². The van der Waals surface area contributed by atoms with Gasteiger partial charge in [-0.3, -0.25) is 4.79 Å². The maximum Gasteiger partial charge on any atom is 0.471 e. The standard InChI is InChI=1S/C12H15F3N2O/c1-17(10-6-3-2-4-7-10)9-5-8-16-11(18)12(13,14)15/h2-4,6-7H,5,8-9H2,1H3,(H,16,18). The van der Waals surface area contributed by atoms with Crippen molar-refractivity contribution in [3.8, 4) is 0 Å². The lowest BCUT2D eigenvalue weighted by Crippen LogP contribution is -2.38. The zero-order valence-electron chi connectivity index (χ0n) is 10.00. The Morgan fingerprint density at radius 1 is 1.28 bits per heavy atom. The molecule has 0 radical (unpaired) electrons. The van der Waals surface area contributed by atoms with Gasteiger partial charge in [0, 0.05) is 25.8 Å². The van der Waals surface area contributed by atoms with E-state index in [9.17, 15) is 18.0 Å². The number of carbonyl (C=O) groups excluding carboxylic acids is 1. The summed E-state index contributed by atoms with van der Waals surface area (Å²) in [5, 5.41) is 1.84. The van der Waals surface area contributed by atoms with Crippen molar-refractivity contribution in [2.45, 2.75) is 12.6 Å². The normalized spacial score (nSPS) is 11.1. The summed E-state index contributed by atoms with van der Waals surface area (Å²) in [6.07, 6.45) is -4.35. The number of amides is 1. The van der Waals surface area contributed by atoms with Crippen molar-refractivity contribution < 1.29 is 18.0 Å². The van der Waals surface area contributed by atoms with Crippen LogP contribution in [-0.2, 0) is 4.79 Å². The average molecular weight is 260 g/mol. The predicted octanol–water partition coefficient (Wildman–Crippen LogP) is 2.19. The van der Waals surface area contributed by atoms with Gasteiger partial charge in [-0.2, -0.15) is 13.2 Å². The van der Waals surface area contributed by atoms with E-state index in [4.69, 9.17) is 0 Å². The summed E-state index contributed by atoms with van der Waals surface area (Å²) in [5.74, 6) is -1.88. The van der Waals surface area contributed by atoms with Gasteiger partial charge in [-0.05, 0) is 18.6 Å². The molecular formula is C12H15F3N2O. The van der Waals surface area contributed by atoms with Crippen molar-refractivity contribution in [1.29, 1.82) is 0 Å². The Morgan fingerprint density at radius 3 is 2.44 bits per heavy atom. The third-order valence-corrected chi connectivity index (χ3v) is 2.41. The van der Waals surface area contributed by atoms with Gasteiger partial charge in [0.05, 0.1) is 0 Å². The fraction of sp³-hybridized carbons (Fsp3) is 0.417. The van der Waals surface area contributed by atoms with E-state index in [1.54, 1.807) is 0 Å². The highest BCUT2D eigenvalue weighted by Gasteiger charge is 2.38. The number of benzene rings is 1. The number of carbonyl (C=O) groups is 1. The minimum absolute atomic E-state index is 0.00944. The van der Waals surface area contributed by atoms with Gasteiger partial charge in [0.25, 0.3) is 0 Å². The van der Waals surface area contributed by atoms with Crippen LogP contribution < -0.4 is 10.2 Å². The van der Waals surface area contributed by atoms with Crippen LogP contribution in [0.15, 0.2) is 30.3 Å². The molecule has 1 N–H and O–H groups in total. The van der Waals surface area contributed by atoms with E-state index in [1.807, 2.05) is 47.6 Å². The Morgan fingerprint density at radius 2 is 1.89 bits per heavy atom. The summed E-state index contributed by atoms with van der Waals surface area (Å²) >= 11 is 0. The molecule has 1 amide bonds. The summed E-state index contributed by atoms with van der Waals surface area (Å²) in [6, 6.07) is 9.48. The van der Waals surface area contributed by atoms with Crippen LogP contribution in [0.25, 0.3) is 0 Å². The average Bonchev–Trinajstić information content (AvgIpc) is 2.34. The van der Waals surface area contributed by atoms with Crippen LogP contribution in [0, 0.1) is 0 Å². The Bertz CT molecular complexity index is 379. The van der Waals surface area contributed by atoms with Gasteiger partial charge in [-0.1, -0.05) is 18.2 Å². The topological polar surface area (TPSA) is 32.3 Å². The number of nitrogens with one attached hydrogen (secondary N) is 1. The molecule has 1 aromatic carbocycles. The van der Waals surface area contributed by atoms with E-state index in [0.717, 1.165) is 5.69 Å². The third-order valence-electron chi connectivity index (χ3n) is 2.41. The number of alkyl halides is 3. The lowest BCUT2D eigenvalue weighted by molar-refractivity contribution is -0.173. The van der Waals surface area contributed by atoms with Crippen LogP contribution in [0.2, 0.25) is 0 Å². The minimum atomic E-state index is -4.80. The number of anilines is 1. The largest absolute Gasteiger partial charge is 0.471 e. The summed E-state index contributed by atoms with van der Waals surface area (Å²) in [6.45, 7) is 0.581. The highest BCUT2D eigenvalue weighted by Crippen LogP contribution is 2.14. The predicted molar refractivity (Wildman–Crippen MR) is 63.4 cm³/mol. The van der Waals surface area contributed by atoms with Crippen LogP contribution in [-0.4, -0.2) is 32.2 Å². The van der Waals surface area contributed by atoms with Crippen molar-refractivity contribution in [1.82, 2.24) is 5.32 Å². The lowest BCUT2D eigenvalue weighted by atomic mass is 10.3. The molecule has 0 saturated carbocycles. The van der Waals surface area contributed by atoms with Crippen molar-refractivity contribution >= 4 is 11.6 Å². The van der Waals surface area contributed by atoms with E-state index >= 15 is 0 Å². The molecule has 0 saturated heterocycles. The highest BCUT2D eigenvalue weighted by atomic mass is 19.4. The third kappa shape index (κ3) is 4.65. The van der Waals surface area contributed by atoms with Gasteiger partial charge in [0.15, 0.2) is 0 Å². The molecule has 6 heteroatoms. The SMILES string of the molecule is CN(CCCNC(=O)C(F)(F)F)c1ccccc1. The van der Waals surface area contributed by atoms with Gasteiger partial charge in [0.1, 0.15) is 0 Å². The molecule has 0 heterocycles. The molecule has 3 nitrogen and oxygen atoms in total. The molecule has 0 aliphatic carbocycles. The fourth-order valence-electron chi connectivity index (χ4n) is 1.43. The monoisotopic (exact) mass is 260 g/mol. The van der Waals surface area contributed by atoms with Crippen LogP contribution in [0.4, 0.5) is 18.9 Å². The highest BCUT2D eigenvalue weighted by molar-refractivity contribution is 5.81. The number of para-hydroxylation sites is 1. The van der Waals surface area contributed by atoms with Crippen molar-refractivity contribution in [2.24, 2.45) is 0 Å². The van der Waals surface area contributed by atoms with Crippen LogP contribution in [0.3, 0.4) is 0 Å². The number of rotatable bonds is 5. The number of halogens is 3. The van der Waals surface area contributed by atoms with E-state index < -0.39 is 12.1 Å². The number of hydrogen-bond donors (Lipinski definition) is 1. The van der Waals surface area contributed by atoms with Gasteiger partial charge in [-0.25, -0.2) is 0 Å². The van der Waals surface area contributed by atoms with Crippen molar-refractivity contribution in [3.63, 3.8) is 0 Å². The van der Waals surface area contributed by atoms with Gasteiger partial charge < -0.3 is 10.2 Å². The van der Waals surface area contributed by atoms with Crippen molar-refractivity contribution in [3.05, 3.63) is 30.3 Å². The first-order valence-electron chi connectivity index (χ1n) is 5.52. The van der Waals surface area contributed by atoms with E-state index in [1.165, 1.54) is 0 Å².